The van der Waals surface area contributed by atoms with Crippen molar-refractivity contribution in [2.24, 2.45) is 0 Å². The van der Waals surface area contributed by atoms with Gasteiger partial charge < -0.3 is 5.32 Å². The lowest BCUT2D eigenvalue weighted by Gasteiger charge is -2.12. The van der Waals surface area contributed by atoms with Crippen molar-refractivity contribution in [2.45, 2.75) is 18.3 Å². The summed E-state index contributed by atoms with van der Waals surface area (Å²) in [6.07, 6.45) is -2.99. The van der Waals surface area contributed by atoms with Crippen LogP contribution in [0, 0.1) is 6.92 Å². The maximum Gasteiger partial charge on any atom is 0.416 e. The van der Waals surface area contributed by atoms with E-state index in [0.717, 1.165) is 23.5 Å². The molecule has 0 saturated heterocycles. The summed E-state index contributed by atoms with van der Waals surface area (Å²) in [6, 6.07) is 10.7. The van der Waals surface area contributed by atoms with Gasteiger partial charge in [-0.05, 0) is 42.8 Å². The van der Waals surface area contributed by atoms with Crippen LogP contribution in [0.2, 0.25) is 5.02 Å². The van der Waals surface area contributed by atoms with E-state index in [1.165, 1.54) is 25.4 Å². The number of benzene rings is 2. The number of hydrogen-bond donors (Lipinski definition) is 1. The van der Waals surface area contributed by atoms with Crippen molar-refractivity contribution < 1.29 is 18.0 Å². The Morgan fingerprint density at radius 1 is 1.25 bits per heavy atom. The van der Waals surface area contributed by atoms with Crippen molar-refractivity contribution in [1.82, 2.24) is 14.8 Å². The van der Waals surface area contributed by atoms with E-state index in [4.69, 9.17) is 11.6 Å². The summed E-state index contributed by atoms with van der Waals surface area (Å²) in [5.74, 6) is -0.503. The Morgan fingerprint density at radius 3 is 2.75 bits per heavy atom. The quantitative estimate of drug-likeness (QED) is 0.584. The minimum Gasteiger partial charge on any atom is -0.325 e. The number of alkyl halides is 3. The summed E-state index contributed by atoms with van der Waals surface area (Å²) in [5, 5.41) is 11.3. The van der Waals surface area contributed by atoms with E-state index in [-0.39, 0.29) is 17.0 Å². The van der Waals surface area contributed by atoms with Crippen LogP contribution in [-0.2, 0) is 11.0 Å². The van der Waals surface area contributed by atoms with Crippen LogP contribution in [0.4, 0.5) is 18.9 Å². The number of halogens is 4. The number of hydrogen-bond acceptors (Lipinski definition) is 4. The number of nitrogens with zero attached hydrogens (tertiary/aromatic N) is 3. The molecule has 10 heteroatoms. The first-order valence-corrected chi connectivity index (χ1v) is 9.37. The summed E-state index contributed by atoms with van der Waals surface area (Å²) < 4.78 is 40.6. The smallest absolute Gasteiger partial charge is 0.325 e. The zero-order chi connectivity index (χ0) is 20.3. The van der Waals surface area contributed by atoms with Crippen LogP contribution in [0.5, 0.6) is 0 Å². The Balaban J connectivity index is 1.67. The molecule has 0 spiro atoms. The van der Waals surface area contributed by atoms with Crippen molar-refractivity contribution in [2.75, 3.05) is 11.1 Å². The van der Waals surface area contributed by atoms with E-state index in [9.17, 15) is 18.0 Å². The lowest BCUT2D eigenvalue weighted by atomic mass is 10.1. The van der Waals surface area contributed by atoms with Gasteiger partial charge in [-0.25, -0.2) is 0 Å². The molecule has 0 fully saturated rings. The predicted octanol–water partition coefficient (Wildman–Crippen LogP) is 4.98. The Morgan fingerprint density at radius 2 is 2.04 bits per heavy atom. The van der Waals surface area contributed by atoms with Crippen LogP contribution >= 0.6 is 23.4 Å². The summed E-state index contributed by atoms with van der Waals surface area (Å²) in [4.78, 5) is 12.2. The zero-order valence-corrected chi connectivity index (χ0v) is 16.1. The molecule has 146 valence electrons. The number of anilines is 1. The minimum atomic E-state index is -4.48. The number of aromatic nitrogens is 3. The molecule has 3 aromatic rings. The molecule has 0 radical (unpaired) electrons. The third-order valence-corrected chi connectivity index (χ3v) is 4.94. The molecule has 0 unspecified atom stereocenters. The molecule has 3 rings (SSSR count). The SMILES string of the molecule is Cc1ccc(NC(=O)CSc2nncn2-c2cccc(Cl)c2)cc1C(F)(F)F. The van der Waals surface area contributed by atoms with Gasteiger partial charge >= 0.3 is 6.18 Å². The number of carbonyl (C=O) groups excluding carboxylic acids is 1. The van der Waals surface area contributed by atoms with Crippen molar-refractivity contribution in [3.8, 4) is 5.69 Å². The van der Waals surface area contributed by atoms with Gasteiger partial charge in [0, 0.05) is 10.7 Å². The minimum absolute atomic E-state index is 0.0471. The second kappa shape index (κ2) is 8.24. The zero-order valence-electron chi connectivity index (χ0n) is 14.5. The Labute approximate surface area is 167 Å². The molecule has 0 aliphatic heterocycles. The molecule has 1 heterocycles. The van der Waals surface area contributed by atoms with Crippen LogP contribution in [0.15, 0.2) is 53.9 Å². The Kier molecular flexibility index (Phi) is 5.95. The van der Waals surface area contributed by atoms with Gasteiger partial charge in [-0.15, -0.1) is 10.2 Å². The summed E-state index contributed by atoms with van der Waals surface area (Å²) in [7, 11) is 0. The fourth-order valence-corrected chi connectivity index (χ4v) is 3.37. The van der Waals surface area contributed by atoms with Gasteiger partial charge in [-0.2, -0.15) is 13.2 Å². The van der Waals surface area contributed by atoms with Crippen LogP contribution in [0.3, 0.4) is 0 Å². The van der Waals surface area contributed by atoms with Crippen molar-refractivity contribution in [3.63, 3.8) is 0 Å². The third-order valence-electron chi connectivity index (χ3n) is 3.76. The van der Waals surface area contributed by atoms with Crippen molar-refractivity contribution in [1.29, 1.82) is 0 Å². The first-order valence-electron chi connectivity index (χ1n) is 8.00. The van der Waals surface area contributed by atoms with Gasteiger partial charge in [0.05, 0.1) is 17.0 Å². The normalized spacial score (nSPS) is 11.5. The Bertz CT molecular complexity index is 1010. The van der Waals surface area contributed by atoms with E-state index in [2.05, 4.69) is 15.5 Å². The lowest BCUT2D eigenvalue weighted by molar-refractivity contribution is -0.138. The highest BCUT2D eigenvalue weighted by Crippen LogP contribution is 2.33. The predicted molar refractivity (Wildman–Crippen MR) is 102 cm³/mol. The molecule has 0 aliphatic carbocycles. The van der Waals surface area contributed by atoms with Crippen LogP contribution in [0.1, 0.15) is 11.1 Å². The molecular formula is C18H14ClF3N4OS. The van der Waals surface area contributed by atoms with Gasteiger partial charge in [0.25, 0.3) is 0 Å². The molecule has 0 saturated carbocycles. The fraction of sp³-hybridized carbons (Fsp3) is 0.167. The number of amides is 1. The maximum absolute atomic E-state index is 13.0. The van der Waals surface area contributed by atoms with E-state index in [0.29, 0.717) is 10.2 Å². The van der Waals surface area contributed by atoms with Crippen LogP contribution < -0.4 is 5.32 Å². The highest BCUT2D eigenvalue weighted by Gasteiger charge is 2.32. The lowest BCUT2D eigenvalue weighted by Crippen LogP contribution is -2.16. The first-order chi connectivity index (χ1) is 13.2. The molecule has 1 amide bonds. The molecule has 0 aliphatic rings. The fourth-order valence-electron chi connectivity index (χ4n) is 2.46. The Hall–Kier alpha value is -2.52. The second-order valence-electron chi connectivity index (χ2n) is 5.83. The van der Waals surface area contributed by atoms with Crippen molar-refractivity contribution >= 4 is 35.0 Å². The summed E-state index contributed by atoms with van der Waals surface area (Å²) in [5.41, 5.74) is 0.127. The average Bonchev–Trinajstić information content (AvgIpc) is 3.09. The molecule has 0 atom stereocenters. The highest BCUT2D eigenvalue weighted by molar-refractivity contribution is 7.99. The number of thioether (sulfide) groups is 1. The largest absolute Gasteiger partial charge is 0.416 e. The molecular weight excluding hydrogens is 413 g/mol. The number of nitrogens with one attached hydrogen (secondary N) is 1. The van der Waals surface area contributed by atoms with Gasteiger partial charge in [0.2, 0.25) is 5.91 Å². The van der Waals surface area contributed by atoms with E-state index in [1.807, 2.05) is 6.07 Å². The topological polar surface area (TPSA) is 59.8 Å². The molecule has 1 N–H and O–H groups in total. The van der Waals surface area contributed by atoms with Gasteiger partial charge in [-0.3, -0.25) is 9.36 Å². The first kappa shape index (κ1) is 20.2. The van der Waals surface area contributed by atoms with Crippen LogP contribution in [-0.4, -0.2) is 26.4 Å². The van der Waals surface area contributed by atoms with Crippen LogP contribution in [0.25, 0.3) is 5.69 Å². The number of carbonyl (C=O) groups is 1. The molecule has 1 aromatic heterocycles. The molecule has 28 heavy (non-hydrogen) atoms. The third kappa shape index (κ3) is 4.85. The highest BCUT2D eigenvalue weighted by atomic mass is 35.5. The summed E-state index contributed by atoms with van der Waals surface area (Å²) >= 11 is 7.09. The standard InChI is InChI=1S/C18H14ClF3N4OS/c1-11-5-6-13(8-15(11)18(20,21)22)24-16(27)9-28-17-25-23-10-26(17)14-4-2-3-12(19)7-14/h2-8,10H,9H2,1H3,(H,24,27). The van der Waals surface area contributed by atoms with Crippen molar-refractivity contribution in [3.05, 3.63) is 64.9 Å². The van der Waals surface area contributed by atoms with E-state index < -0.39 is 17.6 Å². The maximum atomic E-state index is 13.0. The molecule has 0 bridgehead atoms. The average molecular weight is 427 g/mol. The number of aryl methyl sites for hydroxylation is 1. The monoisotopic (exact) mass is 426 g/mol. The van der Waals surface area contributed by atoms with Gasteiger partial charge in [-0.1, -0.05) is 35.5 Å². The van der Waals surface area contributed by atoms with E-state index >= 15 is 0 Å². The van der Waals surface area contributed by atoms with E-state index in [1.54, 1.807) is 22.8 Å². The molecule has 2 aromatic carbocycles. The second-order valence-corrected chi connectivity index (χ2v) is 7.21. The molecule has 5 nitrogen and oxygen atoms in total. The summed E-state index contributed by atoms with van der Waals surface area (Å²) in [6.45, 7) is 1.37. The number of rotatable bonds is 5. The van der Waals surface area contributed by atoms with Gasteiger partial charge in [0.1, 0.15) is 6.33 Å². The van der Waals surface area contributed by atoms with Gasteiger partial charge in [0.15, 0.2) is 5.16 Å².